The molecule has 27 heterocycles. The van der Waals surface area contributed by atoms with Gasteiger partial charge >= 0.3 is 20.1 Å². The summed E-state index contributed by atoms with van der Waals surface area (Å²) >= 11 is 0. The molecule has 8 aromatic carbocycles. The number of pyridine rings is 3. The minimum absolute atomic E-state index is 0. The van der Waals surface area contributed by atoms with Crippen LogP contribution in [-0.4, -0.2) is 15.0 Å². The van der Waals surface area contributed by atoms with Crippen LogP contribution < -0.4 is 0 Å². The van der Waals surface area contributed by atoms with Crippen LogP contribution in [0, 0.1) is 18.2 Å². The molecule has 18 bridgehead atoms. The third-order valence-electron chi connectivity index (χ3n) is 14.1. The molecule has 0 amide bonds. The molecule has 0 atom stereocenters. The van der Waals surface area contributed by atoms with Gasteiger partial charge in [0, 0.05) is 38.4 Å². The Morgan fingerprint density at radius 2 is 0.553 bits per heavy atom. The summed E-state index contributed by atoms with van der Waals surface area (Å²) in [4.78, 5) is 15.1. The Morgan fingerprint density at radius 3 is 0.803 bits per heavy atom. The van der Waals surface area contributed by atoms with Crippen LogP contribution in [-0.2, 0) is 74.0 Å². The number of hydrogen-bond acceptors (Lipinski definition) is 6. The molecule has 3 aromatic heterocycles. The maximum absolute atomic E-state index is 6.35. The van der Waals surface area contributed by atoms with Gasteiger partial charge in [-0.15, -0.1) is 106 Å². The number of ether oxygens (including phenoxy) is 3. The van der Waals surface area contributed by atoms with Crippen LogP contribution in [0.1, 0.15) is 33.4 Å². The zero-order valence-corrected chi connectivity index (χ0v) is 43.8. The van der Waals surface area contributed by atoms with E-state index in [9.17, 15) is 0 Å². The van der Waals surface area contributed by atoms with E-state index in [2.05, 4.69) is 200 Å². The minimum Gasteiger partial charge on any atom is -0.381 e. The normalized spacial score (nSPS) is 12.9. The predicted molar refractivity (Wildman–Crippen MR) is 297 cm³/mol. The zero-order valence-electron chi connectivity index (χ0n) is 41.4. The first kappa shape index (κ1) is 48.7. The van der Waals surface area contributed by atoms with Crippen LogP contribution in [0.3, 0.4) is 0 Å². The third kappa shape index (κ3) is 10.4. The molecule has 0 radical (unpaired) electrons. The standard InChI is InChI=1S/C69H48N3O3.Ir/c1-4-10-64-58-34-59-36-60(35-58)66-12-6-3-9-63(66)57-27-30-69(72-39-57)54-23-17-48(18-24-54)42-75-45-51-32-49(43-73-40-46-13-19-52(20-14-46)67-28-25-55(37-70-67)61(64)7-1)31-50(33-51)44-74-41-47-15-21-53(22-16-47)68-29-26-56(38-71-68)62-8-2-5-11-65(59)62;/h1-19,21,23,25-39H,40-45H2;/q-3;+3. The molecule has 0 unspecified atom stereocenters. The van der Waals surface area contributed by atoms with Crippen LogP contribution in [0.2, 0.25) is 0 Å². The third-order valence-corrected chi connectivity index (χ3v) is 14.1. The molecule has 24 aliphatic heterocycles. The van der Waals surface area contributed by atoms with Crippen LogP contribution in [0.5, 0.6) is 0 Å². The Labute approximate surface area is 457 Å². The van der Waals surface area contributed by atoms with Gasteiger partial charge in [-0.3, -0.25) is 0 Å². The van der Waals surface area contributed by atoms with E-state index in [0.29, 0.717) is 39.6 Å². The quantitative estimate of drug-likeness (QED) is 0.141. The smallest absolute Gasteiger partial charge is 0.381 e. The summed E-state index contributed by atoms with van der Waals surface area (Å²) in [5.74, 6) is 0. The van der Waals surface area contributed by atoms with Crippen molar-refractivity contribution in [2.45, 2.75) is 39.6 Å². The number of benzene rings is 8. The van der Waals surface area contributed by atoms with Gasteiger partial charge in [-0.1, -0.05) is 127 Å². The summed E-state index contributed by atoms with van der Waals surface area (Å²) in [6, 6.07) is 81.0. The second-order valence-corrected chi connectivity index (χ2v) is 19.2. The number of aromatic nitrogens is 3. The summed E-state index contributed by atoms with van der Waals surface area (Å²) in [7, 11) is 0. The molecule has 0 saturated carbocycles. The zero-order chi connectivity index (χ0) is 49.9. The average molecular weight is 1160 g/mol. The second kappa shape index (κ2) is 21.9. The largest absolute Gasteiger partial charge is 3.00 e. The molecule has 35 rings (SSSR count). The molecule has 7 heteroatoms. The summed E-state index contributed by atoms with van der Waals surface area (Å²) in [6.45, 7) is 2.58. The van der Waals surface area contributed by atoms with Gasteiger partial charge in [0.2, 0.25) is 0 Å². The first-order valence-electron chi connectivity index (χ1n) is 25.3. The second-order valence-electron chi connectivity index (χ2n) is 19.2. The van der Waals surface area contributed by atoms with E-state index in [1.54, 1.807) is 0 Å². The first-order valence-corrected chi connectivity index (χ1v) is 25.3. The first-order chi connectivity index (χ1) is 37.1. The van der Waals surface area contributed by atoms with Gasteiger partial charge < -0.3 is 29.2 Å². The Kier molecular flexibility index (Phi) is 14.0. The topological polar surface area (TPSA) is 66.4 Å². The van der Waals surface area contributed by atoms with Crippen molar-refractivity contribution < 1.29 is 34.3 Å². The maximum Gasteiger partial charge on any atom is 3.00 e. The molecule has 24 aliphatic rings. The van der Waals surface area contributed by atoms with Gasteiger partial charge in [0.05, 0.1) is 19.8 Å². The van der Waals surface area contributed by atoms with Crippen molar-refractivity contribution in [1.82, 2.24) is 15.0 Å². The van der Waals surface area contributed by atoms with Crippen molar-refractivity contribution in [2.24, 2.45) is 0 Å². The van der Waals surface area contributed by atoms with Crippen LogP contribution in [0.25, 0.3) is 101 Å². The Morgan fingerprint density at radius 1 is 0.276 bits per heavy atom. The summed E-state index contributed by atoms with van der Waals surface area (Å²) in [5, 5.41) is 0. The van der Waals surface area contributed by atoms with E-state index < -0.39 is 0 Å². The van der Waals surface area contributed by atoms with Crippen molar-refractivity contribution in [3.63, 3.8) is 0 Å². The molecule has 0 aliphatic carbocycles. The molecule has 0 saturated heterocycles. The molecular formula is C69H48IrN3O3. The van der Waals surface area contributed by atoms with E-state index in [0.717, 1.165) is 134 Å². The van der Waals surface area contributed by atoms with Gasteiger partial charge in [0.1, 0.15) is 0 Å². The molecule has 366 valence electrons. The van der Waals surface area contributed by atoms with E-state index in [1.165, 1.54) is 0 Å². The minimum atomic E-state index is 0. The molecule has 0 N–H and O–H groups in total. The Bertz CT molecular complexity index is 3400. The van der Waals surface area contributed by atoms with E-state index in [4.69, 9.17) is 29.2 Å². The van der Waals surface area contributed by atoms with Crippen LogP contribution in [0.15, 0.2) is 219 Å². The molecule has 76 heavy (non-hydrogen) atoms. The van der Waals surface area contributed by atoms with Gasteiger partial charge in [0.25, 0.3) is 0 Å². The molecule has 11 aromatic rings. The Balaban J connectivity index is 0.00000582. The molecule has 6 nitrogen and oxygen atoms in total. The van der Waals surface area contributed by atoms with Gasteiger partial charge in [-0.2, -0.15) is 0 Å². The SMILES string of the molecule is [Ir+3].[c-]1cc2ccc1-c1ccc(cn1)-c1ccccc1-c1cc3cc(c1)-c1ccccc1-c1ccc(nc1)-c1[c-]cc(cc1)COCc1cc(cc(c1)COCc1c[c-]c(cc1)-c1ccc(cn1)-c1ccccc1-3)COC2. The molecular weight excluding hydrogens is 1110 g/mol. The molecule has 0 fully saturated rings. The van der Waals surface area contributed by atoms with Crippen molar-refractivity contribution in [3.05, 3.63) is 270 Å². The number of nitrogens with zero attached hydrogens (tertiary/aromatic N) is 3. The maximum atomic E-state index is 6.35. The average Bonchev–Trinajstić information content (AvgIpc) is 3.50. The number of rotatable bonds is 0. The summed E-state index contributed by atoms with van der Waals surface area (Å²) < 4.78 is 19.1. The van der Waals surface area contributed by atoms with E-state index >= 15 is 0 Å². The van der Waals surface area contributed by atoms with Crippen molar-refractivity contribution in [1.29, 1.82) is 0 Å². The fourth-order valence-electron chi connectivity index (χ4n) is 10.3. The van der Waals surface area contributed by atoms with Gasteiger partial charge in [0.15, 0.2) is 0 Å². The van der Waals surface area contributed by atoms with Crippen LogP contribution in [0.4, 0.5) is 0 Å². The van der Waals surface area contributed by atoms with E-state index in [1.807, 2.05) is 36.8 Å². The number of hydrogen-bond donors (Lipinski definition) is 0. The summed E-state index contributed by atoms with van der Waals surface area (Å²) in [5.41, 5.74) is 24.4. The fourth-order valence-corrected chi connectivity index (χ4v) is 10.3. The van der Waals surface area contributed by atoms with Gasteiger partial charge in [-0.05, 0) is 119 Å². The van der Waals surface area contributed by atoms with Crippen molar-refractivity contribution in [3.8, 4) is 101 Å². The van der Waals surface area contributed by atoms with Gasteiger partial charge in [-0.25, -0.2) is 0 Å². The van der Waals surface area contributed by atoms with E-state index in [-0.39, 0.29) is 20.1 Å². The van der Waals surface area contributed by atoms with Crippen molar-refractivity contribution >= 4 is 0 Å². The van der Waals surface area contributed by atoms with Crippen molar-refractivity contribution in [2.75, 3.05) is 0 Å². The fraction of sp³-hybridized carbons (Fsp3) is 0.0870. The Hall–Kier alpha value is -8.26. The van der Waals surface area contributed by atoms with Crippen LogP contribution >= 0.6 is 0 Å². The predicted octanol–water partition coefficient (Wildman–Crippen LogP) is 16.0. The monoisotopic (exact) mass is 1160 g/mol. The molecule has 0 spiro atoms. The summed E-state index contributed by atoms with van der Waals surface area (Å²) in [6.07, 6.45) is 5.93.